The monoisotopic (exact) mass is 414 g/mol. The van der Waals surface area contributed by atoms with Crippen molar-refractivity contribution in [3.05, 3.63) is 51.7 Å². The zero-order valence-corrected chi connectivity index (χ0v) is 18.5. The Bertz CT molecular complexity index is 846. The Morgan fingerprint density at radius 1 is 1.28 bits per heavy atom. The predicted molar refractivity (Wildman–Crippen MR) is 116 cm³/mol. The Labute approximate surface area is 177 Å². The lowest BCUT2D eigenvalue weighted by Crippen LogP contribution is -2.49. The molecule has 0 saturated heterocycles. The first-order valence-electron chi connectivity index (χ1n) is 10.2. The molecule has 156 valence electrons. The highest BCUT2D eigenvalue weighted by molar-refractivity contribution is 7.10. The summed E-state index contributed by atoms with van der Waals surface area (Å²) < 4.78 is 6.06. The van der Waals surface area contributed by atoms with Crippen LogP contribution in [0.1, 0.15) is 49.2 Å². The first-order valence-corrected chi connectivity index (χ1v) is 11.1. The molecule has 0 bridgehead atoms. The van der Waals surface area contributed by atoms with E-state index in [0.717, 1.165) is 18.6 Å². The summed E-state index contributed by atoms with van der Waals surface area (Å²) in [6.07, 6.45) is 1.67. The minimum atomic E-state index is -0.135. The van der Waals surface area contributed by atoms with Crippen LogP contribution in [0.4, 0.5) is 0 Å². The maximum atomic E-state index is 13.2. The molecule has 2 heterocycles. The number of amides is 2. The molecule has 0 spiro atoms. The fraction of sp³-hybridized carbons (Fsp3) is 0.478. The summed E-state index contributed by atoms with van der Waals surface area (Å²) in [5, 5.41) is 2.08. The third-order valence-electron chi connectivity index (χ3n) is 5.68. The van der Waals surface area contributed by atoms with E-state index in [1.54, 1.807) is 16.2 Å². The molecule has 3 rings (SSSR count). The lowest BCUT2D eigenvalue weighted by molar-refractivity contribution is -0.143. The number of rotatable bonds is 7. The van der Waals surface area contributed by atoms with Gasteiger partial charge in [-0.1, -0.05) is 24.6 Å². The van der Waals surface area contributed by atoms with E-state index in [4.69, 9.17) is 4.74 Å². The zero-order chi connectivity index (χ0) is 21.0. The molecular weight excluding hydrogens is 384 g/mol. The summed E-state index contributed by atoms with van der Waals surface area (Å²) in [5.74, 6) is 0.721. The largest absolute Gasteiger partial charge is 0.491 e. The van der Waals surface area contributed by atoms with Crippen LogP contribution in [-0.4, -0.2) is 47.4 Å². The van der Waals surface area contributed by atoms with Crippen LogP contribution in [0.3, 0.4) is 0 Å². The van der Waals surface area contributed by atoms with Crippen LogP contribution in [0, 0.1) is 6.92 Å². The van der Waals surface area contributed by atoms with Crippen molar-refractivity contribution in [2.45, 2.75) is 52.6 Å². The first kappa shape index (κ1) is 21.4. The number of thiophene rings is 1. The van der Waals surface area contributed by atoms with Crippen molar-refractivity contribution in [1.82, 2.24) is 9.80 Å². The molecule has 0 N–H and O–H groups in total. The molecule has 1 aromatic heterocycles. The summed E-state index contributed by atoms with van der Waals surface area (Å²) in [5.41, 5.74) is 2.35. The number of hydrogen-bond acceptors (Lipinski definition) is 4. The highest BCUT2D eigenvalue weighted by Gasteiger charge is 2.33. The topological polar surface area (TPSA) is 49.9 Å². The normalized spacial score (nSPS) is 16.8. The second-order valence-corrected chi connectivity index (χ2v) is 8.68. The molecule has 1 aromatic carbocycles. The molecule has 29 heavy (non-hydrogen) atoms. The number of fused-ring (bicyclic) bond motifs is 1. The van der Waals surface area contributed by atoms with Crippen LogP contribution in [0.5, 0.6) is 5.75 Å². The number of hydrogen-bond donors (Lipinski definition) is 0. The molecule has 0 unspecified atom stereocenters. The Morgan fingerprint density at radius 3 is 2.66 bits per heavy atom. The van der Waals surface area contributed by atoms with Gasteiger partial charge in [0.05, 0.1) is 12.6 Å². The van der Waals surface area contributed by atoms with E-state index in [1.165, 1.54) is 22.9 Å². The van der Waals surface area contributed by atoms with Gasteiger partial charge in [-0.15, -0.1) is 11.3 Å². The Hall–Kier alpha value is -2.34. The number of ether oxygens (including phenoxy) is 1. The van der Waals surface area contributed by atoms with Gasteiger partial charge in [0.15, 0.2) is 0 Å². The summed E-state index contributed by atoms with van der Waals surface area (Å²) in [6, 6.07) is 9.96. The summed E-state index contributed by atoms with van der Waals surface area (Å²) in [6.45, 7) is 8.76. The second kappa shape index (κ2) is 9.44. The van der Waals surface area contributed by atoms with Gasteiger partial charge in [0.1, 0.15) is 12.4 Å². The van der Waals surface area contributed by atoms with E-state index in [0.29, 0.717) is 13.2 Å². The Balaban J connectivity index is 1.77. The fourth-order valence-electron chi connectivity index (χ4n) is 3.72. The van der Waals surface area contributed by atoms with Crippen LogP contribution in [0.2, 0.25) is 0 Å². The van der Waals surface area contributed by atoms with Crippen molar-refractivity contribution < 1.29 is 14.3 Å². The molecule has 1 aliphatic rings. The predicted octanol–water partition coefficient (Wildman–Crippen LogP) is 4.21. The number of nitrogens with zero attached hydrogens (tertiary/aromatic N) is 2. The zero-order valence-electron chi connectivity index (χ0n) is 17.7. The van der Waals surface area contributed by atoms with Crippen molar-refractivity contribution in [3.8, 4) is 5.75 Å². The number of carbonyl (C=O) groups excluding carboxylic acids is 2. The SMILES string of the molecule is CC[C@@H](C)N(CC(=O)N1CCc2sccc2[C@H]1COc1ccc(C)cc1)C(C)=O. The van der Waals surface area contributed by atoms with Crippen molar-refractivity contribution in [3.63, 3.8) is 0 Å². The Kier molecular flexibility index (Phi) is 6.96. The third kappa shape index (κ3) is 4.99. The van der Waals surface area contributed by atoms with E-state index in [9.17, 15) is 9.59 Å². The van der Waals surface area contributed by atoms with Gasteiger partial charge >= 0.3 is 0 Å². The standard InChI is InChI=1S/C23H30N2O3S/c1-5-17(3)25(18(4)26)14-23(27)24-12-10-22-20(11-13-29-22)21(24)15-28-19-8-6-16(2)7-9-19/h6-9,11,13,17,21H,5,10,12,14-15H2,1-4H3/t17-,21-/m1/s1. The molecule has 2 aromatic rings. The summed E-state index contributed by atoms with van der Waals surface area (Å²) in [7, 11) is 0. The van der Waals surface area contributed by atoms with Crippen molar-refractivity contribution >= 4 is 23.2 Å². The molecule has 0 saturated carbocycles. The summed E-state index contributed by atoms with van der Waals surface area (Å²) >= 11 is 1.74. The second-order valence-electron chi connectivity index (χ2n) is 7.68. The molecule has 0 radical (unpaired) electrons. The van der Waals surface area contributed by atoms with Gasteiger partial charge in [0.2, 0.25) is 11.8 Å². The quantitative estimate of drug-likeness (QED) is 0.682. The lowest BCUT2D eigenvalue weighted by Gasteiger charge is -2.37. The van der Waals surface area contributed by atoms with Gasteiger partial charge in [-0.05, 0) is 55.8 Å². The molecule has 1 aliphatic heterocycles. The highest BCUT2D eigenvalue weighted by Crippen LogP contribution is 2.34. The number of carbonyl (C=O) groups is 2. The van der Waals surface area contributed by atoms with Crippen LogP contribution < -0.4 is 4.74 Å². The smallest absolute Gasteiger partial charge is 0.242 e. The van der Waals surface area contributed by atoms with E-state index >= 15 is 0 Å². The average Bonchev–Trinajstić information content (AvgIpc) is 3.19. The van der Waals surface area contributed by atoms with E-state index in [-0.39, 0.29) is 30.4 Å². The van der Waals surface area contributed by atoms with Gasteiger partial charge in [-0.25, -0.2) is 0 Å². The van der Waals surface area contributed by atoms with Gasteiger partial charge in [0.25, 0.3) is 0 Å². The highest BCUT2D eigenvalue weighted by atomic mass is 32.1. The van der Waals surface area contributed by atoms with Crippen LogP contribution in [0.15, 0.2) is 35.7 Å². The molecule has 5 nitrogen and oxygen atoms in total. The van der Waals surface area contributed by atoms with Crippen molar-refractivity contribution in [2.24, 2.45) is 0 Å². The van der Waals surface area contributed by atoms with Gasteiger partial charge in [0, 0.05) is 24.4 Å². The molecule has 0 fully saturated rings. The van der Waals surface area contributed by atoms with Crippen LogP contribution >= 0.6 is 11.3 Å². The first-order chi connectivity index (χ1) is 13.9. The van der Waals surface area contributed by atoms with Gasteiger partial charge in [-0.2, -0.15) is 0 Å². The Morgan fingerprint density at radius 2 is 2.00 bits per heavy atom. The fourth-order valence-corrected chi connectivity index (χ4v) is 4.65. The van der Waals surface area contributed by atoms with E-state index in [1.807, 2.05) is 49.9 Å². The maximum Gasteiger partial charge on any atom is 0.242 e. The minimum Gasteiger partial charge on any atom is -0.491 e. The summed E-state index contributed by atoms with van der Waals surface area (Å²) in [4.78, 5) is 30.2. The van der Waals surface area contributed by atoms with Gasteiger partial charge < -0.3 is 14.5 Å². The van der Waals surface area contributed by atoms with Gasteiger partial charge in [-0.3, -0.25) is 9.59 Å². The number of benzene rings is 1. The molecular formula is C23H30N2O3S. The average molecular weight is 415 g/mol. The molecule has 2 amide bonds. The van der Waals surface area contributed by atoms with E-state index < -0.39 is 0 Å². The van der Waals surface area contributed by atoms with Crippen LogP contribution in [0.25, 0.3) is 0 Å². The van der Waals surface area contributed by atoms with Crippen LogP contribution in [-0.2, 0) is 16.0 Å². The van der Waals surface area contributed by atoms with Crippen molar-refractivity contribution in [1.29, 1.82) is 0 Å². The van der Waals surface area contributed by atoms with E-state index in [2.05, 4.69) is 11.4 Å². The lowest BCUT2D eigenvalue weighted by atomic mass is 10.00. The third-order valence-corrected chi connectivity index (χ3v) is 6.67. The number of aryl methyl sites for hydroxylation is 1. The van der Waals surface area contributed by atoms with Crippen molar-refractivity contribution in [2.75, 3.05) is 19.7 Å². The minimum absolute atomic E-state index is 0.0187. The molecule has 0 aliphatic carbocycles. The molecule has 2 atom stereocenters. The maximum absolute atomic E-state index is 13.2. The molecule has 6 heteroatoms.